The molecule has 0 atom stereocenters. The van der Waals surface area contributed by atoms with Crippen LogP contribution in [0.3, 0.4) is 0 Å². The van der Waals surface area contributed by atoms with Crippen molar-refractivity contribution in [2.75, 3.05) is 13.2 Å². The lowest BCUT2D eigenvalue weighted by molar-refractivity contribution is -0.302. The van der Waals surface area contributed by atoms with Crippen LogP contribution in [-0.4, -0.2) is 31.7 Å². The van der Waals surface area contributed by atoms with Crippen LogP contribution in [-0.2, 0) is 13.6 Å². The normalized spacial score (nSPS) is 22.5. The Kier molecular flexibility index (Phi) is 4.53. The molecule has 0 saturated carbocycles. The van der Waals surface area contributed by atoms with E-state index >= 15 is 0 Å². The summed E-state index contributed by atoms with van der Waals surface area (Å²) in [5.41, 5.74) is -0.464. The third kappa shape index (κ3) is 4.53. The van der Waals surface area contributed by atoms with E-state index in [9.17, 15) is 26.3 Å². The Balaban J connectivity index is 2.64. The fourth-order valence-electron chi connectivity index (χ4n) is 0.986. The monoisotopic (exact) mass is 300 g/mol. The van der Waals surface area contributed by atoms with Crippen LogP contribution in [0.1, 0.15) is 13.8 Å². The van der Waals surface area contributed by atoms with Gasteiger partial charge in [-0.05, 0) is 0 Å². The van der Waals surface area contributed by atoms with E-state index in [1.54, 1.807) is 13.8 Å². The molecular formula is C8H11F6O3P. The van der Waals surface area contributed by atoms with Gasteiger partial charge in [-0.1, -0.05) is 13.8 Å². The summed E-state index contributed by atoms with van der Waals surface area (Å²) in [6.45, 7) is 3.34. The summed E-state index contributed by atoms with van der Waals surface area (Å²) in [7, 11) is -2.64. The Morgan fingerprint density at radius 3 is 1.72 bits per heavy atom. The summed E-state index contributed by atoms with van der Waals surface area (Å²) in [5, 5.41) is 0. The van der Waals surface area contributed by atoms with Crippen molar-refractivity contribution in [1.29, 1.82) is 0 Å². The van der Waals surface area contributed by atoms with Crippen molar-refractivity contribution in [2.45, 2.75) is 32.3 Å². The average Bonchev–Trinajstić information content (AvgIpc) is 2.12. The molecule has 3 nitrogen and oxygen atoms in total. The Labute approximate surface area is 100 Å². The van der Waals surface area contributed by atoms with Crippen LogP contribution in [0.15, 0.2) is 0 Å². The molecule has 0 unspecified atom stereocenters. The number of hydrogen-bond acceptors (Lipinski definition) is 3. The summed E-state index contributed by atoms with van der Waals surface area (Å²) in [6.07, 6.45) is -15.0. The van der Waals surface area contributed by atoms with Crippen LogP contribution in [0, 0.1) is 5.41 Å². The lowest BCUT2D eigenvalue weighted by Gasteiger charge is -2.34. The van der Waals surface area contributed by atoms with Crippen LogP contribution in [0.2, 0.25) is 0 Å². The maximum absolute atomic E-state index is 12.2. The number of hydrogen-bond donors (Lipinski definition) is 0. The van der Waals surface area contributed by atoms with Gasteiger partial charge in [-0.15, -0.1) is 0 Å². The van der Waals surface area contributed by atoms with Crippen LogP contribution in [0.25, 0.3) is 0 Å². The van der Waals surface area contributed by atoms with Gasteiger partial charge in [0.25, 0.3) is 6.10 Å². The summed E-state index contributed by atoms with van der Waals surface area (Å²) in [4.78, 5) is 0. The third-order valence-corrected chi connectivity index (χ3v) is 2.97. The molecule has 0 bridgehead atoms. The lowest BCUT2D eigenvalue weighted by Crippen LogP contribution is -2.44. The number of halogens is 6. The van der Waals surface area contributed by atoms with Crippen molar-refractivity contribution < 1.29 is 39.9 Å². The van der Waals surface area contributed by atoms with Gasteiger partial charge in [0.15, 0.2) is 0 Å². The molecule has 1 rings (SSSR count). The third-order valence-electron chi connectivity index (χ3n) is 1.91. The lowest BCUT2D eigenvalue weighted by atomic mass is 9.97. The van der Waals surface area contributed by atoms with Crippen molar-refractivity contribution >= 4 is 8.60 Å². The largest absolute Gasteiger partial charge is 0.424 e. The molecule has 1 aliphatic rings. The zero-order valence-corrected chi connectivity index (χ0v) is 10.3. The van der Waals surface area contributed by atoms with E-state index in [-0.39, 0.29) is 13.2 Å². The summed E-state index contributed by atoms with van der Waals surface area (Å²) >= 11 is 0. The molecule has 18 heavy (non-hydrogen) atoms. The fourth-order valence-corrected chi connectivity index (χ4v) is 2.50. The zero-order valence-electron chi connectivity index (χ0n) is 9.43. The van der Waals surface area contributed by atoms with Gasteiger partial charge >= 0.3 is 21.0 Å². The SMILES string of the molecule is CC1(C)COP(OC(C(F)(F)F)C(F)(F)F)OC1. The minimum absolute atomic E-state index is 0.0266. The standard InChI is InChI=1S/C8H11F6O3P/c1-6(2)3-15-18(16-4-6)17-5(7(9,10)11)8(12,13)14/h5H,3-4H2,1-2H3. The molecule has 0 amide bonds. The number of alkyl halides is 6. The van der Waals surface area contributed by atoms with Gasteiger partial charge in [-0.3, -0.25) is 4.52 Å². The number of rotatable bonds is 2. The highest BCUT2D eigenvalue weighted by atomic mass is 31.2. The predicted octanol–water partition coefficient (Wildman–Crippen LogP) is 3.80. The van der Waals surface area contributed by atoms with E-state index in [4.69, 9.17) is 9.05 Å². The Hall–Kier alpha value is -0.110. The first-order chi connectivity index (χ1) is 7.92. The maximum Gasteiger partial charge on any atom is 0.424 e. The molecule has 1 saturated heterocycles. The van der Waals surface area contributed by atoms with Gasteiger partial charge in [0.05, 0.1) is 13.2 Å². The summed E-state index contributed by atoms with van der Waals surface area (Å²) < 4.78 is 86.4. The molecule has 1 heterocycles. The molecular weight excluding hydrogens is 289 g/mol. The molecule has 0 spiro atoms. The van der Waals surface area contributed by atoms with Gasteiger partial charge in [-0.2, -0.15) is 26.3 Å². The average molecular weight is 300 g/mol. The van der Waals surface area contributed by atoms with Crippen LogP contribution < -0.4 is 0 Å². The predicted molar refractivity (Wildman–Crippen MR) is 49.6 cm³/mol. The highest BCUT2D eigenvalue weighted by Crippen LogP contribution is 2.51. The minimum atomic E-state index is -5.56. The molecule has 0 aromatic carbocycles. The smallest absolute Gasteiger partial charge is 0.312 e. The van der Waals surface area contributed by atoms with Gasteiger partial charge in [0.1, 0.15) is 0 Å². The van der Waals surface area contributed by atoms with Gasteiger partial charge in [0, 0.05) is 5.41 Å². The quantitative estimate of drug-likeness (QED) is 0.573. The molecule has 108 valence electrons. The van der Waals surface area contributed by atoms with Crippen molar-refractivity contribution in [3.8, 4) is 0 Å². The first-order valence-corrected chi connectivity index (χ1v) is 5.87. The first-order valence-electron chi connectivity index (χ1n) is 4.78. The van der Waals surface area contributed by atoms with E-state index in [0.29, 0.717) is 0 Å². The van der Waals surface area contributed by atoms with Gasteiger partial charge in [-0.25, -0.2) is 0 Å². The second-order valence-electron chi connectivity index (χ2n) is 4.50. The summed E-state index contributed by atoms with van der Waals surface area (Å²) in [6, 6.07) is 0. The summed E-state index contributed by atoms with van der Waals surface area (Å²) in [5.74, 6) is 0. The van der Waals surface area contributed by atoms with E-state index in [1.807, 2.05) is 0 Å². The van der Waals surface area contributed by atoms with Crippen molar-refractivity contribution in [3.05, 3.63) is 0 Å². The Morgan fingerprint density at radius 2 is 1.39 bits per heavy atom. The maximum atomic E-state index is 12.2. The fraction of sp³-hybridized carbons (Fsp3) is 1.00. The van der Waals surface area contributed by atoms with Crippen molar-refractivity contribution in [3.63, 3.8) is 0 Å². The highest BCUT2D eigenvalue weighted by molar-refractivity contribution is 7.41. The molecule has 0 radical (unpaired) electrons. The molecule has 1 fully saturated rings. The second kappa shape index (κ2) is 5.11. The highest BCUT2D eigenvalue weighted by Gasteiger charge is 2.59. The van der Waals surface area contributed by atoms with Crippen LogP contribution in [0.5, 0.6) is 0 Å². The molecule has 0 aliphatic carbocycles. The topological polar surface area (TPSA) is 27.7 Å². The molecule has 0 N–H and O–H groups in total. The minimum Gasteiger partial charge on any atom is -0.312 e. The van der Waals surface area contributed by atoms with E-state index in [1.165, 1.54) is 0 Å². The second-order valence-corrected chi connectivity index (χ2v) is 5.68. The van der Waals surface area contributed by atoms with E-state index in [0.717, 1.165) is 0 Å². The van der Waals surface area contributed by atoms with Gasteiger partial charge in [0.2, 0.25) is 0 Å². The van der Waals surface area contributed by atoms with Crippen LogP contribution in [0.4, 0.5) is 26.3 Å². The zero-order chi connectivity index (χ0) is 14.2. The molecule has 0 aromatic rings. The van der Waals surface area contributed by atoms with Crippen molar-refractivity contribution in [2.24, 2.45) is 5.41 Å². The molecule has 0 aromatic heterocycles. The Bertz CT molecular complexity index is 266. The van der Waals surface area contributed by atoms with Gasteiger partial charge < -0.3 is 9.05 Å². The van der Waals surface area contributed by atoms with E-state index < -0.39 is 32.5 Å². The first kappa shape index (κ1) is 15.9. The van der Waals surface area contributed by atoms with E-state index in [2.05, 4.69) is 4.52 Å². The van der Waals surface area contributed by atoms with Crippen molar-refractivity contribution in [1.82, 2.24) is 0 Å². The van der Waals surface area contributed by atoms with Crippen LogP contribution >= 0.6 is 8.60 Å². The molecule has 1 aliphatic heterocycles. The Morgan fingerprint density at radius 1 is 1.00 bits per heavy atom. The molecule has 10 heteroatoms.